The Hall–Kier alpha value is -1.35. The molecule has 0 amide bonds. The SMILES string of the molecule is COC(=O)CCCc1ccccc1C[NH]. The molecule has 0 aliphatic heterocycles. The topological polar surface area (TPSA) is 50.1 Å². The van der Waals surface area contributed by atoms with Gasteiger partial charge in [0, 0.05) is 13.0 Å². The first-order chi connectivity index (χ1) is 7.27. The lowest BCUT2D eigenvalue weighted by molar-refractivity contribution is -0.140. The molecule has 0 spiro atoms. The summed E-state index contributed by atoms with van der Waals surface area (Å²) >= 11 is 0. The van der Waals surface area contributed by atoms with Crippen molar-refractivity contribution >= 4 is 5.97 Å². The third-order valence-electron chi connectivity index (χ3n) is 2.36. The van der Waals surface area contributed by atoms with Crippen LogP contribution in [-0.2, 0) is 22.5 Å². The van der Waals surface area contributed by atoms with Gasteiger partial charge in [0.15, 0.2) is 0 Å². The molecule has 3 nitrogen and oxygen atoms in total. The summed E-state index contributed by atoms with van der Waals surface area (Å²) in [5.74, 6) is -0.168. The van der Waals surface area contributed by atoms with Crippen LogP contribution >= 0.6 is 0 Å². The first-order valence-corrected chi connectivity index (χ1v) is 5.06. The van der Waals surface area contributed by atoms with Gasteiger partial charge in [0.2, 0.25) is 0 Å². The molecule has 0 atom stereocenters. The maximum absolute atomic E-state index is 10.9. The molecule has 0 bridgehead atoms. The van der Waals surface area contributed by atoms with Crippen molar-refractivity contribution in [2.24, 2.45) is 0 Å². The molecule has 0 saturated carbocycles. The monoisotopic (exact) mass is 206 g/mol. The fourth-order valence-corrected chi connectivity index (χ4v) is 1.50. The van der Waals surface area contributed by atoms with Crippen molar-refractivity contribution in [2.75, 3.05) is 7.11 Å². The summed E-state index contributed by atoms with van der Waals surface area (Å²) < 4.78 is 4.57. The van der Waals surface area contributed by atoms with Gasteiger partial charge in [-0.15, -0.1) is 0 Å². The second kappa shape index (κ2) is 6.19. The lowest BCUT2D eigenvalue weighted by Crippen LogP contribution is -2.01. The normalized spacial score (nSPS) is 10.0. The largest absolute Gasteiger partial charge is 0.469 e. The summed E-state index contributed by atoms with van der Waals surface area (Å²) in [6.07, 6.45) is 2.07. The Bertz CT molecular complexity index is 323. The van der Waals surface area contributed by atoms with Gasteiger partial charge in [0.05, 0.1) is 7.11 Å². The molecule has 1 aromatic rings. The van der Waals surface area contributed by atoms with E-state index in [9.17, 15) is 4.79 Å². The first-order valence-electron chi connectivity index (χ1n) is 5.06. The van der Waals surface area contributed by atoms with E-state index in [0.29, 0.717) is 13.0 Å². The maximum Gasteiger partial charge on any atom is 0.305 e. The number of esters is 1. The van der Waals surface area contributed by atoms with Gasteiger partial charge in [-0.2, -0.15) is 0 Å². The summed E-state index contributed by atoms with van der Waals surface area (Å²) in [4.78, 5) is 10.9. The van der Waals surface area contributed by atoms with Crippen LogP contribution in [0.5, 0.6) is 0 Å². The molecule has 1 N–H and O–H groups in total. The second-order valence-corrected chi connectivity index (χ2v) is 3.38. The molecular formula is C12H16NO2. The van der Waals surface area contributed by atoms with Gasteiger partial charge in [0.1, 0.15) is 0 Å². The van der Waals surface area contributed by atoms with E-state index >= 15 is 0 Å². The Morgan fingerprint density at radius 3 is 2.60 bits per heavy atom. The molecule has 0 fully saturated rings. The quantitative estimate of drug-likeness (QED) is 0.691. The summed E-state index contributed by atoms with van der Waals surface area (Å²) in [6, 6.07) is 7.88. The van der Waals surface area contributed by atoms with Gasteiger partial charge in [-0.25, -0.2) is 0 Å². The number of carbonyl (C=O) groups is 1. The van der Waals surface area contributed by atoms with Crippen molar-refractivity contribution in [2.45, 2.75) is 25.8 Å². The molecular weight excluding hydrogens is 190 g/mol. The fraction of sp³-hybridized carbons (Fsp3) is 0.417. The molecule has 0 heterocycles. The number of hydrogen-bond donors (Lipinski definition) is 0. The van der Waals surface area contributed by atoms with E-state index < -0.39 is 0 Å². The maximum atomic E-state index is 10.9. The third-order valence-corrected chi connectivity index (χ3v) is 2.36. The molecule has 0 saturated heterocycles. The van der Waals surface area contributed by atoms with Crippen LogP contribution in [0.15, 0.2) is 24.3 Å². The van der Waals surface area contributed by atoms with Crippen LogP contribution in [-0.4, -0.2) is 13.1 Å². The van der Waals surface area contributed by atoms with Crippen LogP contribution in [0.4, 0.5) is 0 Å². The number of rotatable bonds is 5. The summed E-state index contributed by atoms with van der Waals surface area (Å²) in [6.45, 7) is 0.300. The van der Waals surface area contributed by atoms with Gasteiger partial charge in [-0.3, -0.25) is 10.5 Å². The molecule has 0 unspecified atom stereocenters. The Balaban J connectivity index is 2.46. The molecule has 0 aromatic heterocycles. The average Bonchev–Trinajstić information content (AvgIpc) is 2.29. The van der Waals surface area contributed by atoms with Crippen LogP contribution in [0.3, 0.4) is 0 Å². The molecule has 0 aliphatic rings. The predicted molar refractivity (Wildman–Crippen MR) is 58.2 cm³/mol. The smallest absolute Gasteiger partial charge is 0.305 e. The number of nitrogens with one attached hydrogen (secondary N) is 1. The zero-order chi connectivity index (χ0) is 11.1. The van der Waals surface area contributed by atoms with Crippen LogP contribution in [0.1, 0.15) is 24.0 Å². The first kappa shape index (κ1) is 11.7. The van der Waals surface area contributed by atoms with Crippen LogP contribution in [0.2, 0.25) is 0 Å². The molecule has 1 aromatic carbocycles. The summed E-state index contributed by atoms with van der Waals surface area (Å²) in [5.41, 5.74) is 9.56. The molecule has 1 radical (unpaired) electrons. The van der Waals surface area contributed by atoms with E-state index in [1.54, 1.807) is 0 Å². The highest BCUT2D eigenvalue weighted by Crippen LogP contribution is 2.11. The molecule has 1 rings (SSSR count). The minimum absolute atomic E-state index is 0.168. The van der Waals surface area contributed by atoms with E-state index in [1.807, 2.05) is 24.3 Å². The number of methoxy groups -OCH3 is 1. The Morgan fingerprint density at radius 1 is 1.33 bits per heavy atom. The minimum Gasteiger partial charge on any atom is -0.469 e. The lowest BCUT2D eigenvalue weighted by Gasteiger charge is -2.06. The van der Waals surface area contributed by atoms with Crippen molar-refractivity contribution in [3.63, 3.8) is 0 Å². The molecule has 15 heavy (non-hydrogen) atoms. The number of ether oxygens (including phenoxy) is 1. The Morgan fingerprint density at radius 2 is 2.00 bits per heavy atom. The Kier molecular flexibility index (Phi) is 4.84. The highest BCUT2D eigenvalue weighted by atomic mass is 16.5. The van der Waals surface area contributed by atoms with Crippen molar-refractivity contribution in [1.82, 2.24) is 5.73 Å². The van der Waals surface area contributed by atoms with Gasteiger partial charge in [-0.05, 0) is 24.0 Å². The number of carbonyl (C=O) groups excluding carboxylic acids is 1. The van der Waals surface area contributed by atoms with Crippen LogP contribution < -0.4 is 5.73 Å². The van der Waals surface area contributed by atoms with Crippen molar-refractivity contribution in [1.29, 1.82) is 0 Å². The minimum atomic E-state index is -0.168. The van der Waals surface area contributed by atoms with E-state index in [-0.39, 0.29) is 5.97 Å². The lowest BCUT2D eigenvalue weighted by atomic mass is 10.0. The van der Waals surface area contributed by atoms with E-state index in [1.165, 1.54) is 7.11 Å². The zero-order valence-corrected chi connectivity index (χ0v) is 8.95. The highest BCUT2D eigenvalue weighted by molar-refractivity contribution is 5.69. The highest BCUT2D eigenvalue weighted by Gasteiger charge is 2.03. The standard InChI is InChI=1S/C12H16NO2/c1-15-12(14)8-4-7-10-5-2-3-6-11(10)9-13/h2-3,5-6,13H,4,7-9H2,1H3. The molecule has 81 valence electrons. The van der Waals surface area contributed by atoms with Gasteiger partial charge < -0.3 is 4.74 Å². The third kappa shape index (κ3) is 3.72. The van der Waals surface area contributed by atoms with Crippen LogP contribution in [0, 0.1) is 0 Å². The predicted octanol–water partition coefficient (Wildman–Crippen LogP) is 1.97. The van der Waals surface area contributed by atoms with Gasteiger partial charge in [0.25, 0.3) is 0 Å². The zero-order valence-electron chi connectivity index (χ0n) is 8.95. The average molecular weight is 206 g/mol. The van der Waals surface area contributed by atoms with Crippen molar-refractivity contribution in [3.8, 4) is 0 Å². The summed E-state index contributed by atoms with van der Waals surface area (Å²) in [5, 5.41) is 0. The Labute approximate surface area is 90.2 Å². The van der Waals surface area contributed by atoms with Gasteiger partial charge in [-0.1, -0.05) is 24.3 Å². The second-order valence-electron chi connectivity index (χ2n) is 3.38. The van der Waals surface area contributed by atoms with Crippen LogP contribution in [0.25, 0.3) is 0 Å². The summed E-state index contributed by atoms with van der Waals surface area (Å²) in [7, 11) is 1.40. The number of aryl methyl sites for hydroxylation is 1. The molecule has 0 aliphatic carbocycles. The van der Waals surface area contributed by atoms with Crippen molar-refractivity contribution in [3.05, 3.63) is 35.4 Å². The van der Waals surface area contributed by atoms with Gasteiger partial charge >= 0.3 is 5.97 Å². The molecule has 3 heteroatoms. The number of hydrogen-bond acceptors (Lipinski definition) is 2. The van der Waals surface area contributed by atoms with E-state index in [0.717, 1.165) is 24.0 Å². The van der Waals surface area contributed by atoms with Crippen molar-refractivity contribution < 1.29 is 9.53 Å². The van der Waals surface area contributed by atoms with E-state index in [4.69, 9.17) is 5.73 Å². The number of benzene rings is 1. The van der Waals surface area contributed by atoms with E-state index in [2.05, 4.69) is 4.74 Å². The fourth-order valence-electron chi connectivity index (χ4n) is 1.50.